The second kappa shape index (κ2) is 5.50. The highest BCUT2D eigenvalue weighted by Gasteiger charge is 2.38. The molecule has 2 rings (SSSR count). The van der Waals surface area contributed by atoms with Crippen molar-refractivity contribution in [2.75, 3.05) is 23.3 Å². The zero-order valence-electron chi connectivity index (χ0n) is 10.3. The maximum Gasteiger partial charge on any atom is 0.471 e. The highest BCUT2D eigenvalue weighted by molar-refractivity contribution is 5.95. The summed E-state index contributed by atoms with van der Waals surface area (Å²) < 4.78 is 36.3. The number of carbonyl (C=O) groups excluding carboxylic acids is 1. The average Bonchev–Trinajstić information content (AvgIpc) is 2.39. The topological polar surface area (TPSA) is 32.3 Å². The first-order chi connectivity index (χ1) is 8.97. The van der Waals surface area contributed by atoms with Crippen LogP contribution in [0.4, 0.5) is 24.5 Å². The van der Waals surface area contributed by atoms with E-state index in [2.05, 4.69) is 4.90 Å². The predicted molar refractivity (Wildman–Crippen MR) is 67.2 cm³/mol. The lowest BCUT2D eigenvalue weighted by Crippen LogP contribution is -2.30. The van der Waals surface area contributed by atoms with Crippen molar-refractivity contribution in [2.24, 2.45) is 0 Å². The Kier molecular flexibility index (Phi) is 3.97. The summed E-state index contributed by atoms with van der Waals surface area (Å²) in [5.41, 5.74) is 1.13. The van der Waals surface area contributed by atoms with Gasteiger partial charge in [0, 0.05) is 24.5 Å². The fourth-order valence-corrected chi connectivity index (χ4v) is 2.11. The Bertz CT molecular complexity index is 436. The molecule has 1 N–H and O–H groups in total. The summed E-state index contributed by atoms with van der Waals surface area (Å²) in [6.45, 7) is 1.93. The van der Waals surface area contributed by atoms with E-state index in [9.17, 15) is 18.0 Å². The molecule has 1 aromatic rings. The molecule has 0 saturated carbocycles. The van der Waals surface area contributed by atoms with Crippen LogP contribution in [0.2, 0.25) is 0 Å². The van der Waals surface area contributed by atoms with Crippen LogP contribution >= 0.6 is 0 Å². The molecule has 0 unspecified atom stereocenters. The molecule has 1 aromatic carbocycles. The van der Waals surface area contributed by atoms with Gasteiger partial charge < -0.3 is 10.2 Å². The summed E-state index contributed by atoms with van der Waals surface area (Å²) >= 11 is 0. The van der Waals surface area contributed by atoms with E-state index in [0.717, 1.165) is 31.6 Å². The lowest BCUT2D eigenvalue weighted by Gasteiger charge is -2.28. The lowest BCUT2D eigenvalue weighted by atomic mass is 10.1. The number of alkyl halides is 3. The van der Waals surface area contributed by atoms with Crippen LogP contribution in [0.25, 0.3) is 0 Å². The number of anilines is 2. The third-order valence-corrected chi connectivity index (χ3v) is 3.10. The van der Waals surface area contributed by atoms with Crippen LogP contribution in [0.5, 0.6) is 0 Å². The number of nitrogens with zero attached hydrogens (tertiary/aromatic N) is 1. The summed E-state index contributed by atoms with van der Waals surface area (Å²) in [6, 6.07) is 6.45. The molecule has 6 heteroatoms. The Hall–Kier alpha value is -1.72. The van der Waals surface area contributed by atoms with Gasteiger partial charge in [0.15, 0.2) is 0 Å². The van der Waals surface area contributed by atoms with E-state index in [-0.39, 0.29) is 5.69 Å². The molecule has 0 radical (unpaired) electrons. The van der Waals surface area contributed by atoms with Gasteiger partial charge in [0.05, 0.1) is 0 Å². The van der Waals surface area contributed by atoms with Gasteiger partial charge in [0.1, 0.15) is 0 Å². The van der Waals surface area contributed by atoms with Crippen molar-refractivity contribution >= 4 is 17.3 Å². The number of carbonyl (C=O) groups is 1. The fraction of sp³-hybridized carbons (Fsp3) is 0.462. The van der Waals surface area contributed by atoms with Crippen molar-refractivity contribution in [1.29, 1.82) is 0 Å². The van der Waals surface area contributed by atoms with Gasteiger partial charge in [0.2, 0.25) is 0 Å². The third kappa shape index (κ3) is 3.62. The first-order valence-corrected chi connectivity index (χ1v) is 6.20. The van der Waals surface area contributed by atoms with Crippen LogP contribution in [0, 0.1) is 0 Å². The zero-order valence-corrected chi connectivity index (χ0v) is 10.3. The minimum atomic E-state index is -4.86. The minimum Gasteiger partial charge on any atom is -0.372 e. The largest absolute Gasteiger partial charge is 0.471 e. The predicted octanol–water partition coefficient (Wildman–Crippen LogP) is 3.18. The second-order valence-corrected chi connectivity index (χ2v) is 4.55. The van der Waals surface area contributed by atoms with E-state index >= 15 is 0 Å². The van der Waals surface area contributed by atoms with Gasteiger partial charge in [-0.25, -0.2) is 0 Å². The summed E-state index contributed by atoms with van der Waals surface area (Å²) in [7, 11) is 0. The highest BCUT2D eigenvalue weighted by Crippen LogP contribution is 2.23. The molecule has 104 valence electrons. The standard InChI is InChI=1S/C13H15F3N2O/c14-13(15,16)12(19)17-10-4-6-11(7-5-10)18-8-2-1-3-9-18/h4-7H,1-3,8-9H2,(H,17,19). The van der Waals surface area contributed by atoms with Gasteiger partial charge in [-0.1, -0.05) is 0 Å². The molecule has 0 spiro atoms. The highest BCUT2D eigenvalue weighted by atomic mass is 19.4. The van der Waals surface area contributed by atoms with Crippen molar-refractivity contribution in [2.45, 2.75) is 25.4 Å². The molecule has 1 saturated heterocycles. The van der Waals surface area contributed by atoms with E-state index in [1.54, 1.807) is 12.1 Å². The van der Waals surface area contributed by atoms with Crippen LogP contribution < -0.4 is 10.2 Å². The van der Waals surface area contributed by atoms with Gasteiger partial charge in [-0.3, -0.25) is 4.79 Å². The van der Waals surface area contributed by atoms with Crippen molar-refractivity contribution in [3.8, 4) is 0 Å². The van der Waals surface area contributed by atoms with Crippen LogP contribution in [-0.4, -0.2) is 25.2 Å². The molecule has 0 aliphatic carbocycles. The van der Waals surface area contributed by atoms with Crippen LogP contribution in [0.15, 0.2) is 24.3 Å². The van der Waals surface area contributed by atoms with Crippen molar-refractivity contribution in [3.63, 3.8) is 0 Å². The summed E-state index contributed by atoms with van der Waals surface area (Å²) in [4.78, 5) is 13.0. The monoisotopic (exact) mass is 272 g/mol. The number of hydrogen-bond donors (Lipinski definition) is 1. The summed E-state index contributed by atoms with van der Waals surface area (Å²) in [5, 5.41) is 1.83. The molecule has 1 aliphatic rings. The Morgan fingerprint density at radius 2 is 1.63 bits per heavy atom. The van der Waals surface area contributed by atoms with Crippen molar-refractivity contribution < 1.29 is 18.0 Å². The number of halogens is 3. The lowest BCUT2D eigenvalue weighted by molar-refractivity contribution is -0.167. The van der Waals surface area contributed by atoms with E-state index in [1.807, 2.05) is 5.32 Å². The maximum atomic E-state index is 12.1. The van der Waals surface area contributed by atoms with E-state index < -0.39 is 12.1 Å². The van der Waals surface area contributed by atoms with Crippen LogP contribution in [0.3, 0.4) is 0 Å². The fourth-order valence-electron chi connectivity index (χ4n) is 2.11. The smallest absolute Gasteiger partial charge is 0.372 e. The summed E-state index contributed by atoms with van der Waals surface area (Å²) in [5.74, 6) is -1.95. The van der Waals surface area contributed by atoms with E-state index in [1.165, 1.54) is 18.6 Å². The first-order valence-electron chi connectivity index (χ1n) is 6.20. The molecule has 3 nitrogen and oxygen atoms in total. The molecule has 0 bridgehead atoms. The normalized spacial score (nSPS) is 16.3. The number of hydrogen-bond acceptors (Lipinski definition) is 2. The Labute approximate surface area is 109 Å². The molecular weight excluding hydrogens is 257 g/mol. The number of rotatable bonds is 2. The zero-order chi connectivity index (χ0) is 13.9. The second-order valence-electron chi connectivity index (χ2n) is 4.55. The van der Waals surface area contributed by atoms with Crippen molar-refractivity contribution in [3.05, 3.63) is 24.3 Å². The molecular formula is C13H15F3N2O. The van der Waals surface area contributed by atoms with E-state index in [0.29, 0.717) is 0 Å². The average molecular weight is 272 g/mol. The minimum absolute atomic E-state index is 0.156. The molecule has 1 fully saturated rings. The third-order valence-electron chi connectivity index (χ3n) is 3.10. The maximum absolute atomic E-state index is 12.1. The molecule has 0 aromatic heterocycles. The number of piperidine rings is 1. The number of amides is 1. The first kappa shape index (κ1) is 13.7. The van der Waals surface area contributed by atoms with Gasteiger partial charge in [-0.2, -0.15) is 13.2 Å². The molecule has 1 heterocycles. The SMILES string of the molecule is O=C(Nc1ccc(N2CCCCC2)cc1)C(F)(F)F. The van der Waals surface area contributed by atoms with Gasteiger partial charge in [-0.15, -0.1) is 0 Å². The van der Waals surface area contributed by atoms with Gasteiger partial charge in [-0.05, 0) is 43.5 Å². The Morgan fingerprint density at radius 1 is 1.05 bits per heavy atom. The quantitative estimate of drug-likeness (QED) is 0.896. The van der Waals surface area contributed by atoms with Crippen molar-refractivity contribution in [1.82, 2.24) is 0 Å². The number of benzene rings is 1. The Balaban J connectivity index is 2.00. The summed E-state index contributed by atoms with van der Waals surface area (Å²) in [6.07, 6.45) is -1.37. The van der Waals surface area contributed by atoms with Gasteiger partial charge >= 0.3 is 12.1 Å². The molecule has 19 heavy (non-hydrogen) atoms. The molecule has 1 amide bonds. The molecule has 1 aliphatic heterocycles. The molecule has 0 atom stereocenters. The van der Waals surface area contributed by atoms with Crippen LogP contribution in [0.1, 0.15) is 19.3 Å². The van der Waals surface area contributed by atoms with Crippen LogP contribution in [-0.2, 0) is 4.79 Å². The number of nitrogens with one attached hydrogen (secondary N) is 1. The van der Waals surface area contributed by atoms with Gasteiger partial charge in [0.25, 0.3) is 0 Å². The Morgan fingerprint density at radius 3 is 2.16 bits per heavy atom. The van der Waals surface area contributed by atoms with E-state index in [4.69, 9.17) is 0 Å².